The molecule has 2 aromatic heterocycles. The van der Waals surface area contributed by atoms with Crippen molar-refractivity contribution in [3.05, 3.63) is 45.4 Å². The zero-order valence-electron chi connectivity index (χ0n) is 24.5. The second-order valence-corrected chi connectivity index (χ2v) is 11.9. The number of nitriles is 1. The normalized spacial score (nSPS) is 17.4. The number of morpholine rings is 1. The molecule has 0 atom stereocenters. The molecular formula is C32H38FN5O3. The van der Waals surface area contributed by atoms with Crippen LogP contribution in [0.1, 0.15) is 57.7 Å². The highest BCUT2D eigenvalue weighted by atomic mass is 19.1. The number of ether oxygens (including phenoxy) is 2. The van der Waals surface area contributed by atoms with Gasteiger partial charge in [-0.05, 0) is 59.6 Å². The van der Waals surface area contributed by atoms with Crippen LogP contribution in [0.15, 0.2) is 23.0 Å². The first-order chi connectivity index (χ1) is 19.7. The molecule has 4 aromatic rings. The lowest BCUT2D eigenvalue weighted by Gasteiger charge is -2.41. The number of aromatic nitrogens is 2. The standard InChI is InChI=1S/C32H38FN5O3/c1-18(2)38-28-20(5)29(37-10-8-22(9-11-37)36-12-14-40-15-13-36)31(41-19(3)4)27(33)26(28)30(39)25-23-7-6-21(17-34)16-24(23)35-32(25)38/h6-7,16,18-19,22,35H,8-15H2,1-5H3. The number of fused-ring (bicyclic) bond motifs is 4. The minimum Gasteiger partial charge on any atom is -0.486 e. The number of nitrogens with zero attached hydrogens (tertiary/aromatic N) is 4. The van der Waals surface area contributed by atoms with E-state index in [1.807, 2.05) is 39.2 Å². The molecule has 216 valence electrons. The first-order valence-corrected chi connectivity index (χ1v) is 14.7. The van der Waals surface area contributed by atoms with Gasteiger partial charge in [-0.2, -0.15) is 5.26 Å². The minimum atomic E-state index is -0.603. The van der Waals surface area contributed by atoms with Crippen molar-refractivity contribution in [2.45, 2.75) is 65.6 Å². The topological polar surface area (TPSA) is 86.5 Å². The van der Waals surface area contributed by atoms with E-state index in [1.165, 1.54) is 0 Å². The van der Waals surface area contributed by atoms with Gasteiger partial charge in [0, 0.05) is 54.7 Å². The van der Waals surface area contributed by atoms with E-state index >= 15 is 4.39 Å². The van der Waals surface area contributed by atoms with Crippen molar-refractivity contribution < 1.29 is 13.9 Å². The van der Waals surface area contributed by atoms with Gasteiger partial charge in [0.1, 0.15) is 5.65 Å². The number of hydrogen-bond acceptors (Lipinski definition) is 6. The van der Waals surface area contributed by atoms with Crippen LogP contribution in [-0.2, 0) is 4.74 Å². The number of benzene rings is 2. The minimum absolute atomic E-state index is 0.0524. The molecular weight excluding hydrogens is 521 g/mol. The number of H-pyrrole nitrogens is 1. The molecule has 4 heterocycles. The maximum atomic E-state index is 16.8. The molecule has 0 unspecified atom stereocenters. The Bertz CT molecular complexity index is 1730. The summed E-state index contributed by atoms with van der Waals surface area (Å²) in [7, 11) is 0. The predicted molar refractivity (Wildman–Crippen MR) is 161 cm³/mol. The van der Waals surface area contributed by atoms with E-state index in [2.05, 4.69) is 20.9 Å². The SMILES string of the molecule is Cc1c(N2CCC(N3CCOCC3)CC2)c(OC(C)C)c(F)c2c(=O)c3c4ccc(C#N)cc4[nH]c3n(C(C)C)c12. The lowest BCUT2D eigenvalue weighted by atomic mass is 9.98. The van der Waals surface area contributed by atoms with E-state index < -0.39 is 5.82 Å². The molecule has 2 aliphatic rings. The Morgan fingerprint density at radius 2 is 1.80 bits per heavy atom. The number of nitrogens with one attached hydrogen (secondary N) is 1. The van der Waals surface area contributed by atoms with Gasteiger partial charge in [0.25, 0.3) is 0 Å². The number of piperidine rings is 1. The molecule has 1 N–H and O–H groups in total. The molecule has 2 saturated heterocycles. The summed E-state index contributed by atoms with van der Waals surface area (Å²) in [5, 5.41) is 10.6. The Labute approximate surface area is 239 Å². The van der Waals surface area contributed by atoms with Gasteiger partial charge >= 0.3 is 0 Å². The molecule has 0 bridgehead atoms. The monoisotopic (exact) mass is 559 g/mol. The van der Waals surface area contributed by atoms with Crippen LogP contribution in [0.2, 0.25) is 0 Å². The number of anilines is 1. The Morgan fingerprint density at radius 1 is 1.10 bits per heavy atom. The van der Waals surface area contributed by atoms with Crippen molar-refractivity contribution in [3.8, 4) is 11.8 Å². The zero-order valence-corrected chi connectivity index (χ0v) is 24.5. The van der Waals surface area contributed by atoms with Gasteiger partial charge in [0.05, 0.1) is 52.9 Å². The van der Waals surface area contributed by atoms with Crippen molar-refractivity contribution in [1.29, 1.82) is 5.26 Å². The largest absolute Gasteiger partial charge is 0.486 e. The van der Waals surface area contributed by atoms with Crippen LogP contribution < -0.4 is 15.1 Å². The van der Waals surface area contributed by atoms with Crippen molar-refractivity contribution in [2.75, 3.05) is 44.3 Å². The van der Waals surface area contributed by atoms with E-state index in [-0.39, 0.29) is 28.7 Å². The summed E-state index contributed by atoms with van der Waals surface area (Å²) >= 11 is 0. The number of aromatic amines is 1. The maximum Gasteiger partial charge on any atom is 0.202 e. The highest BCUT2D eigenvalue weighted by Gasteiger charge is 2.33. The molecule has 0 saturated carbocycles. The lowest BCUT2D eigenvalue weighted by molar-refractivity contribution is 0.0115. The van der Waals surface area contributed by atoms with Crippen LogP contribution in [0.5, 0.6) is 5.75 Å². The molecule has 8 nitrogen and oxygen atoms in total. The Hall–Kier alpha value is -3.61. The average Bonchev–Trinajstić information content (AvgIpc) is 3.34. The van der Waals surface area contributed by atoms with Gasteiger partial charge in [0.15, 0.2) is 11.6 Å². The van der Waals surface area contributed by atoms with Crippen molar-refractivity contribution in [3.63, 3.8) is 0 Å². The third-order valence-electron chi connectivity index (χ3n) is 8.64. The second-order valence-electron chi connectivity index (χ2n) is 11.9. The van der Waals surface area contributed by atoms with E-state index in [0.717, 1.165) is 63.5 Å². The van der Waals surface area contributed by atoms with Crippen molar-refractivity contribution in [2.24, 2.45) is 0 Å². The summed E-state index contributed by atoms with van der Waals surface area (Å²) in [6, 6.07) is 7.78. The molecule has 41 heavy (non-hydrogen) atoms. The van der Waals surface area contributed by atoms with Crippen LogP contribution in [0, 0.1) is 24.1 Å². The van der Waals surface area contributed by atoms with Gasteiger partial charge in [-0.3, -0.25) is 9.69 Å². The van der Waals surface area contributed by atoms with Gasteiger partial charge in [-0.1, -0.05) is 6.07 Å². The zero-order chi connectivity index (χ0) is 29.0. The number of pyridine rings is 1. The molecule has 2 aromatic carbocycles. The predicted octanol–water partition coefficient (Wildman–Crippen LogP) is 5.62. The lowest BCUT2D eigenvalue weighted by Crippen LogP contribution is -2.49. The van der Waals surface area contributed by atoms with Gasteiger partial charge in [-0.25, -0.2) is 4.39 Å². The summed E-state index contributed by atoms with van der Waals surface area (Å²) in [5.74, 6) is -0.443. The molecule has 0 amide bonds. The molecule has 2 aliphatic heterocycles. The van der Waals surface area contributed by atoms with Crippen LogP contribution in [-0.4, -0.2) is 66.0 Å². The number of rotatable bonds is 5. The number of halogens is 1. The highest BCUT2D eigenvalue weighted by molar-refractivity contribution is 6.11. The number of hydrogen-bond donors (Lipinski definition) is 1. The molecule has 2 fully saturated rings. The first kappa shape index (κ1) is 27.6. The van der Waals surface area contributed by atoms with Crippen LogP contribution in [0.4, 0.5) is 10.1 Å². The van der Waals surface area contributed by atoms with E-state index in [0.29, 0.717) is 39.1 Å². The van der Waals surface area contributed by atoms with Crippen LogP contribution >= 0.6 is 0 Å². The highest BCUT2D eigenvalue weighted by Crippen LogP contribution is 2.44. The fraction of sp³-hybridized carbons (Fsp3) is 0.500. The Morgan fingerprint density at radius 3 is 2.44 bits per heavy atom. The molecule has 9 heteroatoms. The molecule has 0 radical (unpaired) electrons. The Kier molecular flexibility index (Phi) is 7.16. The van der Waals surface area contributed by atoms with Crippen molar-refractivity contribution >= 4 is 38.5 Å². The maximum absolute atomic E-state index is 16.8. The summed E-state index contributed by atoms with van der Waals surface area (Å²) in [4.78, 5) is 22.3. The molecule has 0 spiro atoms. The van der Waals surface area contributed by atoms with Crippen LogP contribution in [0.3, 0.4) is 0 Å². The summed E-state index contributed by atoms with van der Waals surface area (Å²) < 4.78 is 30.6. The van der Waals surface area contributed by atoms with E-state index in [4.69, 9.17) is 9.47 Å². The quantitative estimate of drug-likeness (QED) is 0.341. The fourth-order valence-electron chi connectivity index (χ4n) is 6.84. The summed E-state index contributed by atoms with van der Waals surface area (Å²) in [6.07, 6.45) is 1.68. The molecule has 6 rings (SSSR count). The molecule has 0 aliphatic carbocycles. The van der Waals surface area contributed by atoms with E-state index in [9.17, 15) is 10.1 Å². The van der Waals surface area contributed by atoms with Crippen molar-refractivity contribution in [1.82, 2.24) is 14.5 Å². The van der Waals surface area contributed by atoms with Gasteiger partial charge in [0.2, 0.25) is 5.43 Å². The number of aryl methyl sites for hydroxylation is 1. The smallest absolute Gasteiger partial charge is 0.202 e. The van der Waals surface area contributed by atoms with Crippen LogP contribution in [0.25, 0.3) is 32.8 Å². The second kappa shape index (κ2) is 10.7. The van der Waals surface area contributed by atoms with E-state index in [1.54, 1.807) is 18.2 Å². The van der Waals surface area contributed by atoms with Gasteiger partial charge in [-0.15, -0.1) is 0 Å². The summed E-state index contributed by atoms with van der Waals surface area (Å²) in [5.41, 5.74) is 3.61. The third kappa shape index (κ3) is 4.54. The average molecular weight is 560 g/mol. The van der Waals surface area contributed by atoms with Gasteiger partial charge < -0.3 is 23.9 Å². The fourth-order valence-corrected chi connectivity index (χ4v) is 6.84. The first-order valence-electron chi connectivity index (χ1n) is 14.7. The summed E-state index contributed by atoms with van der Waals surface area (Å²) in [6.45, 7) is 14.8. The third-order valence-corrected chi connectivity index (χ3v) is 8.64. The Balaban J connectivity index is 1.59.